The van der Waals surface area contributed by atoms with Crippen molar-refractivity contribution in [2.45, 2.75) is 26.2 Å². The van der Waals surface area contributed by atoms with E-state index in [4.69, 9.17) is 0 Å². The lowest BCUT2D eigenvalue weighted by atomic mass is 9.82. The molecule has 3 heteroatoms. The standard InChI is InChI=1S/C14H17NO2/c1-9-8-12-4-6-15(11(3)16)7-5-13(12)14(17)10(9)2/h1-2,4-8H2,3H3. The summed E-state index contributed by atoms with van der Waals surface area (Å²) in [7, 11) is 0. The molecule has 0 spiro atoms. The lowest BCUT2D eigenvalue weighted by Gasteiger charge is -2.20. The van der Waals surface area contributed by atoms with E-state index in [-0.39, 0.29) is 11.7 Å². The molecular weight excluding hydrogens is 214 g/mol. The molecule has 1 aliphatic carbocycles. The lowest BCUT2D eigenvalue weighted by Crippen LogP contribution is -2.29. The van der Waals surface area contributed by atoms with Gasteiger partial charge in [0.2, 0.25) is 5.91 Å². The highest BCUT2D eigenvalue weighted by atomic mass is 16.2. The van der Waals surface area contributed by atoms with E-state index in [2.05, 4.69) is 13.2 Å². The van der Waals surface area contributed by atoms with Crippen LogP contribution in [0.25, 0.3) is 0 Å². The molecule has 2 rings (SSSR count). The van der Waals surface area contributed by atoms with Crippen molar-refractivity contribution < 1.29 is 9.59 Å². The normalized spacial score (nSPS) is 21.5. The van der Waals surface area contributed by atoms with E-state index in [9.17, 15) is 9.59 Å². The molecule has 0 aromatic rings. The Morgan fingerprint density at radius 2 is 1.88 bits per heavy atom. The van der Waals surface area contributed by atoms with Gasteiger partial charge in [0.1, 0.15) is 0 Å². The van der Waals surface area contributed by atoms with Crippen molar-refractivity contribution in [2.75, 3.05) is 13.1 Å². The lowest BCUT2D eigenvalue weighted by molar-refractivity contribution is -0.128. The summed E-state index contributed by atoms with van der Waals surface area (Å²) >= 11 is 0. The molecule has 1 aliphatic heterocycles. The number of allylic oxidation sites excluding steroid dienone is 2. The van der Waals surface area contributed by atoms with Gasteiger partial charge in [-0.1, -0.05) is 18.7 Å². The third kappa shape index (κ3) is 2.09. The molecule has 0 saturated heterocycles. The molecule has 0 N–H and O–H groups in total. The average molecular weight is 231 g/mol. The van der Waals surface area contributed by atoms with Crippen LogP contribution in [0, 0.1) is 0 Å². The van der Waals surface area contributed by atoms with Gasteiger partial charge in [-0.15, -0.1) is 0 Å². The Bertz CT molecular complexity index is 457. The maximum atomic E-state index is 12.1. The summed E-state index contributed by atoms with van der Waals surface area (Å²) in [6.45, 7) is 10.6. The Kier molecular flexibility index (Phi) is 3.01. The van der Waals surface area contributed by atoms with Gasteiger partial charge < -0.3 is 4.90 Å². The zero-order valence-corrected chi connectivity index (χ0v) is 10.2. The Labute approximate surface area is 101 Å². The van der Waals surface area contributed by atoms with Crippen LogP contribution in [-0.2, 0) is 9.59 Å². The first-order valence-electron chi connectivity index (χ1n) is 5.89. The van der Waals surface area contributed by atoms with E-state index >= 15 is 0 Å². The predicted octanol–water partition coefficient (Wildman–Crippen LogP) is 2.01. The fourth-order valence-corrected chi connectivity index (χ4v) is 2.45. The minimum Gasteiger partial charge on any atom is -0.342 e. The van der Waals surface area contributed by atoms with Crippen LogP contribution in [-0.4, -0.2) is 29.7 Å². The number of Topliss-reactive ketones (excluding diaryl/α,β-unsaturated/α-hetero) is 1. The van der Waals surface area contributed by atoms with Gasteiger partial charge in [0.15, 0.2) is 5.78 Å². The number of ketones is 1. The highest BCUT2D eigenvalue weighted by Crippen LogP contribution is 2.33. The second-order valence-corrected chi connectivity index (χ2v) is 4.68. The summed E-state index contributed by atoms with van der Waals surface area (Å²) in [6.07, 6.45) is 2.18. The summed E-state index contributed by atoms with van der Waals surface area (Å²) in [5.41, 5.74) is 3.38. The van der Waals surface area contributed by atoms with Crippen molar-refractivity contribution in [3.8, 4) is 0 Å². The van der Waals surface area contributed by atoms with Crippen molar-refractivity contribution in [1.29, 1.82) is 0 Å². The molecule has 1 heterocycles. The summed E-state index contributed by atoms with van der Waals surface area (Å²) in [6, 6.07) is 0. The Morgan fingerprint density at radius 3 is 2.53 bits per heavy atom. The second-order valence-electron chi connectivity index (χ2n) is 4.68. The predicted molar refractivity (Wildman–Crippen MR) is 66.4 cm³/mol. The molecule has 0 aromatic carbocycles. The van der Waals surface area contributed by atoms with Crippen molar-refractivity contribution in [2.24, 2.45) is 0 Å². The number of carbonyl (C=O) groups excluding carboxylic acids is 2. The first-order chi connectivity index (χ1) is 8.00. The molecule has 0 radical (unpaired) electrons. The molecular formula is C14H17NO2. The molecule has 0 fully saturated rings. The molecule has 0 atom stereocenters. The fraction of sp³-hybridized carbons (Fsp3) is 0.429. The van der Waals surface area contributed by atoms with Crippen LogP contribution in [0.3, 0.4) is 0 Å². The zero-order chi connectivity index (χ0) is 12.6. The molecule has 1 amide bonds. The van der Waals surface area contributed by atoms with E-state index in [1.165, 1.54) is 0 Å². The largest absolute Gasteiger partial charge is 0.342 e. The first-order valence-corrected chi connectivity index (χ1v) is 5.89. The Hall–Kier alpha value is -1.64. The van der Waals surface area contributed by atoms with Crippen LogP contribution in [0.4, 0.5) is 0 Å². The van der Waals surface area contributed by atoms with E-state index in [1.807, 2.05) is 0 Å². The fourth-order valence-electron chi connectivity index (χ4n) is 2.45. The summed E-state index contributed by atoms with van der Waals surface area (Å²) in [4.78, 5) is 25.2. The minimum atomic E-state index is 0.0293. The van der Waals surface area contributed by atoms with Gasteiger partial charge in [0.05, 0.1) is 0 Å². The van der Waals surface area contributed by atoms with E-state index < -0.39 is 0 Å². The van der Waals surface area contributed by atoms with Gasteiger partial charge in [-0.3, -0.25) is 9.59 Å². The van der Waals surface area contributed by atoms with Crippen molar-refractivity contribution >= 4 is 11.7 Å². The van der Waals surface area contributed by atoms with Crippen LogP contribution >= 0.6 is 0 Å². The molecule has 90 valence electrons. The van der Waals surface area contributed by atoms with Gasteiger partial charge in [-0.05, 0) is 24.8 Å². The third-order valence-corrected chi connectivity index (χ3v) is 3.59. The number of nitrogens with zero attached hydrogens (tertiary/aromatic N) is 1. The smallest absolute Gasteiger partial charge is 0.219 e. The van der Waals surface area contributed by atoms with Crippen LogP contribution < -0.4 is 0 Å². The molecule has 17 heavy (non-hydrogen) atoms. The monoisotopic (exact) mass is 231 g/mol. The first kappa shape index (κ1) is 11.8. The van der Waals surface area contributed by atoms with E-state index in [0.29, 0.717) is 25.1 Å². The topological polar surface area (TPSA) is 37.4 Å². The highest BCUT2D eigenvalue weighted by Gasteiger charge is 2.28. The molecule has 0 saturated carbocycles. The maximum Gasteiger partial charge on any atom is 0.219 e. The van der Waals surface area contributed by atoms with Gasteiger partial charge >= 0.3 is 0 Å². The summed E-state index contributed by atoms with van der Waals surface area (Å²) < 4.78 is 0. The SMILES string of the molecule is C=C1CC2=C(CCN(C(C)=O)CC2)C(=O)C1=C. The van der Waals surface area contributed by atoms with Crippen LogP contribution in [0.5, 0.6) is 0 Å². The van der Waals surface area contributed by atoms with Crippen molar-refractivity contribution in [3.63, 3.8) is 0 Å². The third-order valence-electron chi connectivity index (χ3n) is 3.59. The molecule has 2 aliphatic rings. The van der Waals surface area contributed by atoms with Crippen LogP contribution in [0.1, 0.15) is 26.2 Å². The van der Waals surface area contributed by atoms with E-state index in [0.717, 1.165) is 29.6 Å². The van der Waals surface area contributed by atoms with Gasteiger partial charge in [-0.2, -0.15) is 0 Å². The Balaban J connectivity index is 2.25. The van der Waals surface area contributed by atoms with Crippen LogP contribution in [0.15, 0.2) is 35.5 Å². The zero-order valence-electron chi connectivity index (χ0n) is 10.2. The van der Waals surface area contributed by atoms with Gasteiger partial charge in [0, 0.05) is 31.2 Å². The highest BCUT2D eigenvalue weighted by molar-refractivity contribution is 6.12. The number of hydrogen-bond acceptors (Lipinski definition) is 2. The molecule has 0 bridgehead atoms. The number of amides is 1. The average Bonchev–Trinajstić information content (AvgIpc) is 2.48. The molecule has 3 nitrogen and oxygen atoms in total. The quantitative estimate of drug-likeness (QED) is 0.598. The van der Waals surface area contributed by atoms with Crippen LogP contribution in [0.2, 0.25) is 0 Å². The maximum absolute atomic E-state index is 12.1. The second kappa shape index (κ2) is 4.32. The van der Waals surface area contributed by atoms with Crippen molar-refractivity contribution in [3.05, 3.63) is 35.5 Å². The van der Waals surface area contributed by atoms with Gasteiger partial charge in [0.25, 0.3) is 0 Å². The van der Waals surface area contributed by atoms with E-state index in [1.54, 1.807) is 11.8 Å². The molecule has 0 aromatic heterocycles. The molecule has 0 unspecified atom stereocenters. The number of rotatable bonds is 0. The van der Waals surface area contributed by atoms with Gasteiger partial charge in [-0.25, -0.2) is 0 Å². The van der Waals surface area contributed by atoms with Crippen molar-refractivity contribution in [1.82, 2.24) is 4.90 Å². The Morgan fingerprint density at radius 1 is 1.24 bits per heavy atom. The summed E-state index contributed by atoms with van der Waals surface area (Å²) in [5.74, 6) is 0.108. The minimum absolute atomic E-state index is 0.0293. The number of hydrogen-bond donors (Lipinski definition) is 0. The summed E-state index contributed by atoms with van der Waals surface area (Å²) in [5, 5.41) is 0. The number of carbonyl (C=O) groups is 2.